The summed E-state index contributed by atoms with van der Waals surface area (Å²) < 4.78 is 48.1. The minimum atomic E-state index is -4.21. The Morgan fingerprint density at radius 1 is 0.848 bits per heavy atom. The molecule has 0 bridgehead atoms. The molecule has 3 aliphatic heterocycles. The van der Waals surface area contributed by atoms with Gasteiger partial charge in [-0.05, 0) is 143 Å². The highest BCUT2D eigenvalue weighted by atomic mass is 32.2. The van der Waals surface area contributed by atoms with E-state index in [9.17, 15) is 27.9 Å². The number of amides is 4. The van der Waals surface area contributed by atoms with Crippen LogP contribution < -0.4 is 25.4 Å². The van der Waals surface area contributed by atoms with E-state index in [1.807, 2.05) is 114 Å². The molecule has 6 N–H and O–H groups in total. The van der Waals surface area contributed by atoms with Gasteiger partial charge in [-0.1, -0.05) is 85.6 Å². The molecule has 6 atom stereocenters. The Morgan fingerprint density at radius 3 is 2.16 bits per heavy atom. The molecule has 422 valence electrons. The highest BCUT2D eigenvalue weighted by Gasteiger charge is 2.51. The second-order valence-electron chi connectivity index (χ2n) is 23.5. The SMILES string of the molecule is Cc1c(C)c(S(=O)(=O)NC(=N)NCCC[C@H](NC(=O)[C@@H]2CC3CCCCC3N2C(=O)[C@H]2Cc3ccccc3CN2C(=O)[C@H](COC(C)(C)C)NC(=O)OCC2c3ccccc3-c3ccccc32)C(=O)O)c(C)c2c1OC(C)(C)C2. The van der Waals surface area contributed by atoms with E-state index in [-0.39, 0.29) is 68.3 Å². The second-order valence-corrected chi connectivity index (χ2v) is 25.1. The van der Waals surface area contributed by atoms with Crippen molar-refractivity contribution in [1.29, 1.82) is 5.41 Å². The van der Waals surface area contributed by atoms with Crippen molar-refractivity contribution >= 4 is 45.8 Å². The topological polar surface area (TPSA) is 246 Å². The number of fused-ring (bicyclic) bond motifs is 6. The zero-order chi connectivity index (χ0) is 56.7. The minimum Gasteiger partial charge on any atom is -0.487 e. The number of rotatable bonds is 16. The Hall–Kier alpha value is -6.99. The molecule has 4 aromatic rings. The molecule has 79 heavy (non-hydrogen) atoms. The number of ether oxygens (including phenoxy) is 3. The van der Waals surface area contributed by atoms with E-state index in [4.69, 9.17) is 19.6 Å². The predicted molar refractivity (Wildman–Crippen MR) is 297 cm³/mol. The molecule has 0 aromatic heterocycles. The van der Waals surface area contributed by atoms with Crippen molar-refractivity contribution in [2.24, 2.45) is 5.92 Å². The average Bonchev–Trinajstić information content (AvgIpc) is 4.23. The van der Waals surface area contributed by atoms with Crippen molar-refractivity contribution in [3.8, 4) is 16.9 Å². The molecule has 4 amide bonds. The van der Waals surface area contributed by atoms with E-state index >= 15 is 9.59 Å². The Bertz CT molecular complexity index is 3130. The molecule has 4 aromatic carbocycles. The number of benzene rings is 4. The minimum absolute atomic E-state index is 0.00730. The van der Waals surface area contributed by atoms with Crippen molar-refractivity contribution in [3.05, 3.63) is 117 Å². The predicted octanol–water partition coefficient (Wildman–Crippen LogP) is 7.31. The van der Waals surface area contributed by atoms with Crippen LogP contribution in [0.25, 0.3) is 11.1 Å². The number of hydrogen-bond donors (Lipinski definition) is 6. The molecular weight excluding hydrogens is 1030 g/mol. The Labute approximate surface area is 463 Å². The molecule has 5 aliphatic rings. The quantitative estimate of drug-likeness (QED) is 0.0367. The van der Waals surface area contributed by atoms with E-state index in [2.05, 4.69) is 20.7 Å². The lowest BCUT2D eigenvalue weighted by molar-refractivity contribution is -0.154. The van der Waals surface area contributed by atoms with Crippen LogP contribution in [0.1, 0.15) is 130 Å². The van der Waals surface area contributed by atoms with Gasteiger partial charge in [0.2, 0.25) is 23.7 Å². The number of nitrogens with one attached hydrogen (secondary N) is 5. The fraction of sp³-hybridized carbons (Fsp3) is 0.500. The average molecular weight is 1100 g/mol. The van der Waals surface area contributed by atoms with E-state index in [1.165, 1.54) is 4.90 Å². The smallest absolute Gasteiger partial charge is 0.407 e. The van der Waals surface area contributed by atoms with Crippen molar-refractivity contribution in [2.45, 2.75) is 172 Å². The van der Waals surface area contributed by atoms with Crippen LogP contribution in [0.3, 0.4) is 0 Å². The summed E-state index contributed by atoms with van der Waals surface area (Å²) in [5, 5.41) is 27.2. The molecule has 0 spiro atoms. The first-order valence-corrected chi connectivity index (χ1v) is 29.1. The number of hydrogen-bond acceptors (Lipinski definition) is 11. The summed E-state index contributed by atoms with van der Waals surface area (Å²) in [4.78, 5) is 75.2. The molecule has 2 fully saturated rings. The fourth-order valence-corrected chi connectivity index (χ4v) is 14.1. The summed E-state index contributed by atoms with van der Waals surface area (Å²) in [5.41, 5.74) is 7.27. The largest absolute Gasteiger partial charge is 0.487 e. The lowest BCUT2D eigenvalue weighted by Gasteiger charge is -2.42. The van der Waals surface area contributed by atoms with Gasteiger partial charge in [0.25, 0.3) is 10.0 Å². The summed E-state index contributed by atoms with van der Waals surface area (Å²) in [5.74, 6) is -3.00. The number of nitrogens with zero attached hydrogens (tertiary/aromatic N) is 2. The second kappa shape index (κ2) is 22.6. The van der Waals surface area contributed by atoms with E-state index in [0.29, 0.717) is 41.7 Å². The van der Waals surface area contributed by atoms with E-state index < -0.39 is 81.1 Å². The number of guanidine groups is 1. The van der Waals surface area contributed by atoms with Crippen LogP contribution in [0.4, 0.5) is 4.79 Å². The summed E-state index contributed by atoms with van der Waals surface area (Å²) >= 11 is 0. The number of carbonyl (C=O) groups excluding carboxylic acids is 4. The van der Waals surface area contributed by atoms with Crippen LogP contribution in [-0.4, -0.2) is 120 Å². The van der Waals surface area contributed by atoms with E-state index in [1.54, 1.807) is 18.7 Å². The zero-order valence-electron chi connectivity index (χ0n) is 46.5. The van der Waals surface area contributed by atoms with Gasteiger partial charge in [-0.2, -0.15) is 0 Å². The van der Waals surface area contributed by atoms with Crippen molar-refractivity contribution in [3.63, 3.8) is 0 Å². The first-order chi connectivity index (χ1) is 37.4. The van der Waals surface area contributed by atoms with Gasteiger partial charge in [-0.15, -0.1) is 0 Å². The lowest BCUT2D eigenvalue weighted by atomic mass is 9.84. The monoisotopic (exact) mass is 1100 g/mol. The van der Waals surface area contributed by atoms with Crippen molar-refractivity contribution in [2.75, 3.05) is 19.8 Å². The highest BCUT2D eigenvalue weighted by molar-refractivity contribution is 7.90. The lowest BCUT2D eigenvalue weighted by Crippen LogP contribution is -2.62. The van der Waals surface area contributed by atoms with Crippen molar-refractivity contribution in [1.82, 2.24) is 30.5 Å². The molecule has 3 heterocycles. The van der Waals surface area contributed by atoms with Gasteiger partial charge < -0.3 is 45.1 Å². The molecule has 0 radical (unpaired) electrons. The van der Waals surface area contributed by atoms with Crippen LogP contribution in [0.2, 0.25) is 0 Å². The third-order valence-electron chi connectivity index (χ3n) is 16.5. The Kier molecular flexibility index (Phi) is 16.2. The molecule has 18 nitrogen and oxygen atoms in total. The summed E-state index contributed by atoms with van der Waals surface area (Å²) in [6.07, 6.45) is 3.34. The number of sulfonamides is 1. The van der Waals surface area contributed by atoms with Crippen LogP contribution >= 0.6 is 0 Å². The number of aliphatic carboxylic acids is 1. The van der Waals surface area contributed by atoms with Crippen LogP contribution in [-0.2, 0) is 58.1 Å². The van der Waals surface area contributed by atoms with Gasteiger partial charge in [0, 0.05) is 43.5 Å². The first kappa shape index (κ1) is 56.7. The number of likely N-dealkylation sites (tertiary alicyclic amines) is 1. The Morgan fingerprint density at radius 2 is 1.49 bits per heavy atom. The van der Waals surface area contributed by atoms with Gasteiger partial charge in [-0.3, -0.25) is 19.8 Å². The number of carbonyl (C=O) groups is 5. The maximum atomic E-state index is 15.5. The molecule has 19 heteroatoms. The normalized spacial score (nSPS) is 20.8. The first-order valence-electron chi connectivity index (χ1n) is 27.6. The molecule has 2 aliphatic carbocycles. The standard InChI is InChI=1S/C60H75N7O11S/c1-34-35(2)52(36(3)44-30-60(7,8)78-51(34)44)79(74,75)65-57(61)62-27-17-25-46(56(71)72)63-53(68)49-29-38-19-11-16-26-48(38)67(49)55(70)50-28-37-18-9-10-20-39(37)31-66(50)54(69)47(33-77-59(4,5)6)64-58(73)76-32-45-42-23-14-12-21-40(42)41-22-13-15-24-43(41)45/h9-10,12-15,18,20-24,38,45-50H,11,16-17,19,25-33H2,1-8H3,(H,63,68)(H,64,73)(H,71,72)(H3,61,62,65)/t38?,46-,47-,48?,49-,50+/m0/s1. The summed E-state index contributed by atoms with van der Waals surface area (Å²) in [7, 11) is -4.21. The van der Waals surface area contributed by atoms with Crippen LogP contribution in [0.5, 0.6) is 5.75 Å². The molecule has 9 rings (SSSR count). The zero-order valence-corrected chi connectivity index (χ0v) is 47.3. The van der Waals surface area contributed by atoms with Gasteiger partial charge in [0.1, 0.15) is 42.1 Å². The highest BCUT2D eigenvalue weighted by Crippen LogP contribution is 2.46. The third-order valence-corrected chi connectivity index (χ3v) is 18.1. The van der Waals surface area contributed by atoms with E-state index in [0.717, 1.165) is 58.2 Å². The van der Waals surface area contributed by atoms with Gasteiger partial charge in [0.15, 0.2) is 0 Å². The number of carboxylic acid groups (broad SMARTS) is 1. The number of alkyl carbamates (subject to hydrolysis) is 1. The third kappa shape index (κ3) is 12.0. The molecule has 1 saturated heterocycles. The van der Waals surface area contributed by atoms with Crippen LogP contribution in [0, 0.1) is 32.1 Å². The summed E-state index contributed by atoms with van der Waals surface area (Å²) in [6, 6.07) is 18.4. The summed E-state index contributed by atoms with van der Waals surface area (Å²) in [6.45, 7) is 14.5. The molecule has 1 saturated carbocycles. The molecule has 2 unspecified atom stereocenters. The van der Waals surface area contributed by atoms with Gasteiger partial charge in [-0.25, -0.2) is 22.7 Å². The van der Waals surface area contributed by atoms with Gasteiger partial charge >= 0.3 is 12.1 Å². The van der Waals surface area contributed by atoms with Crippen LogP contribution in [0.15, 0.2) is 77.7 Å². The molecular formula is C60H75N7O11S. The fourth-order valence-electron chi connectivity index (χ4n) is 12.6. The Balaban J connectivity index is 0.885. The number of carboxylic acids is 1. The van der Waals surface area contributed by atoms with Gasteiger partial charge in [0.05, 0.1) is 17.1 Å². The van der Waals surface area contributed by atoms with Crippen molar-refractivity contribution < 1.29 is 51.7 Å². The maximum Gasteiger partial charge on any atom is 0.407 e. The maximum absolute atomic E-state index is 15.5.